The van der Waals surface area contributed by atoms with Gasteiger partial charge in [0.15, 0.2) is 0 Å². The Balaban J connectivity index is 2.76. The van der Waals surface area contributed by atoms with Crippen LogP contribution < -0.4 is 21.3 Å². The predicted octanol–water partition coefficient (Wildman–Crippen LogP) is 1.04. The molecule has 6 N–H and O–H groups in total. The highest BCUT2D eigenvalue weighted by molar-refractivity contribution is 5.93. The maximum absolute atomic E-state index is 13.0. The van der Waals surface area contributed by atoms with Crippen LogP contribution in [0, 0.1) is 0 Å². The first-order valence-electron chi connectivity index (χ1n) is 12.1. The van der Waals surface area contributed by atoms with Crippen molar-refractivity contribution in [2.24, 2.45) is 0 Å². The number of carbonyl (C=O) groups is 5. The van der Waals surface area contributed by atoms with Crippen LogP contribution in [0.15, 0.2) is 30.3 Å². The average Bonchev–Trinajstić information content (AvgIpc) is 2.81. The number of aliphatic hydroxyl groups is 1. The minimum atomic E-state index is -1.49. The first-order chi connectivity index (χ1) is 17.7. The minimum absolute atomic E-state index is 0.0315. The zero-order valence-electron chi connectivity index (χ0n) is 22.3. The third-order valence-electron chi connectivity index (χ3n) is 4.95. The fourth-order valence-electron chi connectivity index (χ4n) is 3.01. The fraction of sp³-hybridized carbons (Fsp3) is 0.560. The Labute approximate surface area is 221 Å². The van der Waals surface area contributed by atoms with Gasteiger partial charge in [0.25, 0.3) is 0 Å². The molecule has 0 heterocycles. The van der Waals surface area contributed by atoms with Crippen LogP contribution in [0.1, 0.15) is 53.0 Å². The van der Waals surface area contributed by atoms with E-state index in [1.54, 1.807) is 20.8 Å². The van der Waals surface area contributed by atoms with Gasteiger partial charge in [-0.1, -0.05) is 30.3 Å². The highest BCUT2D eigenvalue weighted by Crippen LogP contribution is 2.08. The van der Waals surface area contributed by atoms with Gasteiger partial charge in [0.2, 0.25) is 11.8 Å². The van der Waals surface area contributed by atoms with Crippen LogP contribution in [0.5, 0.6) is 0 Å². The number of alkyl carbamates (subject to hydrolysis) is 2. The summed E-state index contributed by atoms with van der Waals surface area (Å²) < 4.78 is 10.3. The molecule has 1 aromatic carbocycles. The minimum Gasteiger partial charge on any atom is -0.480 e. The Morgan fingerprint density at radius 1 is 0.921 bits per heavy atom. The normalized spacial score (nSPS) is 14.2. The molecule has 0 fully saturated rings. The number of hydrogen-bond acceptors (Lipinski definition) is 8. The largest absolute Gasteiger partial charge is 0.480 e. The van der Waals surface area contributed by atoms with E-state index in [1.807, 2.05) is 30.3 Å². The summed E-state index contributed by atoms with van der Waals surface area (Å²) in [6, 6.07) is 5.15. The summed E-state index contributed by atoms with van der Waals surface area (Å²) in [5.74, 6) is -3.03. The van der Waals surface area contributed by atoms with Crippen LogP contribution >= 0.6 is 0 Å². The zero-order chi connectivity index (χ0) is 28.9. The number of amides is 4. The number of benzene rings is 1. The monoisotopic (exact) mass is 538 g/mol. The molecule has 0 aromatic heterocycles. The van der Waals surface area contributed by atoms with Crippen molar-refractivity contribution in [1.82, 2.24) is 21.3 Å². The molecule has 1 rings (SSSR count). The van der Waals surface area contributed by atoms with Crippen LogP contribution in [-0.4, -0.2) is 76.6 Å². The second kappa shape index (κ2) is 15.4. The van der Waals surface area contributed by atoms with Crippen molar-refractivity contribution >= 4 is 30.0 Å². The van der Waals surface area contributed by atoms with Gasteiger partial charge in [-0.15, -0.1) is 0 Å². The molecule has 13 nitrogen and oxygen atoms in total. The van der Waals surface area contributed by atoms with Gasteiger partial charge in [0.05, 0.1) is 6.10 Å². The van der Waals surface area contributed by atoms with E-state index in [9.17, 15) is 29.1 Å². The summed E-state index contributed by atoms with van der Waals surface area (Å²) in [4.78, 5) is 60.7. The smallest absolute Gasteiger partial charge is 0.408 e. The molecule has 0 saturated heterocycles. The van der Waals surface area contributed by atoms with Crippen LogP contribution in [0.2, 0.25) is 0 Å². The molecule has 38 heavy (non-hydrogen) atoms. The first-order valence-corrected chi connectivity index (χ1v) is 12.1. The topological polar surface area (TPSA) is 192 Å². The molecule has 13 heteroatoms. The molecule has 0 aliphatic heterocycles. The summed E-state index contributed by atoms with van der Waals surface area (Å²) in [7, 11) is 0. The lowest BCUT2D eigenvalue weighted by atomic mass is 10.1. The molecule has 0 aliphatic rings. The number of carboxylic acid groups (broad SMARTS) is 1. The molecule has 1 aromatic rings. The van der Waals surface area contributed by atoms with Crippen molar-refractivity contribution in [1.29, 1.82) is 0 Å². The lowest BCUT2D eigenvalue weighted by Gasteiger charge is -2.26. The summed E-state index contributed by atoms with van der Waals surface area (Å²) in [6.07, 6.45) is -2.65. The quantitative estimate of drug-likeness (QED) is 0.199. The van der Waals surface area contributed by atoms with Gasteiger partial charge in [-0.25, -0.2) is 9.59 Å². The Bertz CT molecular complexity index is 948. The standard InChI is InChI=1S/C25H38N4O9/c1-15(22(33)34)27-21(32)19(16(2)30)29-20(31)18(28-24(36)38-25(3,4)5)12-9-13-26-23(35)37-14-17-10-7-6-8-11-17/h6-8,10-11,15-16,18-19,30H,9,12-14H2,1-5H3,(H,26,35)(H,27,32)(H,28,36)(H,29,31)(H,33,34)/t15-,16+,18-,19-/m0/s1. The molecule has 4 atom stereocenters. The summed E-state index contributed by atoms with van der Waals surface area (Å²) in [5, 5.41) is 28.5. The highest BCUT2D eigenvalue weighted by Gasteiger charge is 2.31. The zero-order valence-corrected chi connectivity index (χ0v) is 22.3. The van der Waals surface area contributed by atoms with Crippen molar-refractivity contribution in [3.05, 3.63) is 35.9 Å². The van der Waals surface area contributed by atoms with Gasteiger partial charge in [0.1, 0.15) is 30.3 Å². The molecule has 0 bridgehead atoms. The Hall–Kier alpha value is -3.87. The van der Waals surface area contributed by atoms with Gasteiger partial charge in [-0.3, -0.25) is 14.4 Å². The van der Waals surface area contributed by atoms with Crippen LogP contribution in [0.3, 0.4) is 0 Å². The molecule has 0 spiro atoms. The van der Waals surface area contributed by atoms with Crippen molar-refractivity contribution in [3.8, 4) is 0 Å². The third kappa shape index (κ3) is 12.9. The summed E-state index contributed by atoms with van der Waals surface area (Å²) in [6.45, 7) is 7.60. The Kier molecular flexibility index (Phi) is 13.0. The van der Waals surface area contributed by atoms with E-state index >= 15 is 0 Å². The number of aliphatic carboxylic acids is 1. The fourth-order valence-corrected chi connectivity index (χ4v) is 3.01. The van der Waals surface area contributed by atoms with Crippen LogP contribution in [-0.2, 0) is 30.5 Å². The maximum Gasteiger partial charge on any atom is 0.408 e. The van der Waals surface area contributed by atoms with Gasteiger partial charge < -0.3 is 41.0 Å². The van der Waals surface area contributed by atoms with Crippen LogP contribution in [0.4, 0.5) is 9.59 Å². The number of carbonyl (C=O) groups excluding carboxylic acids is 4. The number of nitrogens with one attached hydrogen (secondary N) is 4. The predicted molar refractivity (Wildman–Crippen MR) is 136 cm³/mol. The van der Waals surface area contributed by atoms with E-state index in [0.717, 1.165) is 5.56 Å². The molecule has 0 saturated carbocycles. The number of carboxylic acids is 1. The van der Waals surface area contributed by atoms with Crippen molar-refractivity contribution in [2.75, 3.05) is 6.54 Å². The molecule has 0 radical (unpaired) electrons. The van der Waals surface area contributed by atoms with E-state index in [2.05, 4.69) is 21.3 Å². The molecule has 212 valence electrons. The van der Waals surface area contributed by atoms with Crippen molar-refractivity contribution in [2.45, 2.75) is 83.9 Å². The van der Waals surface area contributed by atoms with E-state index in [-0.39, 0.29) is 26.0 Å². The first kappa shape index (κ1) is 32.2. The SMILES string of the molecule is C[C@H](NC(=O)[C@@H](NC(=O)[C@H](CCCNC(=O)OCc1ccccc1)NC(=O)OC(C)(C)C)[C@@H](C)O)C(=O)O. The van der Waals surface area contributed by atoms with Gasteiger partial charge in [0, 0.05) is 6.54 Å². The van der Waals surface area contributed by atoms with Gasteiger partial charge in [-0.05, 0) is 53.0 Å². The summed E-state index contributed by atoms with van der Waals surface area (Å²) in [5.41, 5.74) is -0.0279. The maximum atomic E-state index is 13.0. The Morgan fingerprint density at radius 2 is 1.55 bits per heavy atom. The number of aliphatic hydroxyl groups excluding tert-OH is 1. The molecular weight excluding hydrogens is 500 g/mol. The third-order valence-corrected chi connectivity index (χ3v) is 4.95. The van der Waals surface area contributed by atoms with Crippen LogP contribution in [0.25, 0.3) is 0 Å². The number of hydrogen-bond donors (Lipinski definition) is 6. The van der Waals surface area contributed by atoms with Gasteiger partial charge in [-0.2, -0.15) is 0 Å². The molecule has 4 amide bonds. The molecular formula is C25H38N4O9. The van der Waals surface area contributed by atoms with Gasteiger partial charge >= 0.3 is 18.2 Å². The second-order valence-corrected chi connectivity index (χ2v) is 9.62. The van der Waals surface area contributed by atoms with Crippen molar-refractivity contribution < 1.29 is 43.7 Å². The van der Waals surface area contributed by atoms with Crippen molar-refractivity contribution in [3.63, 3.8) is 0 Å². The highest BCUT2D eigenvalue weighted by atomic mass is 16.6. The lowest BCUT2D eigenvalue weighted by molar-refractivity contribution is -0.142. The lowest BCUT2D eigenvalue weighted by Crippen LogP contribution is -2.59. The average molecular weight is 539 g/mol. The Morgan fingerprint density at radius 3 is 2.11 bits per heavy atom. The number of ether oxygens (including phenoxy) is 2. The second-order valence-electron chi connectivity index (χ2n) is 9.62. The number of rotatable bonds is 13. The van der Waals surface area contributed by atoms with E-state index in [4.69, 9.17) is 14.6 Å². The molecule has 0 aliphatic carbocycles. The van der Waals surface area contributed by atoms with E-state index in [0.29, 0.717) is 0 Å². The summed E-state index contributed by atoms with van der Waals surface area (Å²) >= 11 is 0. The van der Waals surface area contributed by atoms with E-state index < -0.39 is 59.8 Å². The molecule has 0 unspecified atom stereocenters. The van der Waals surface area contributed by atoms with E-state index in [1.165, 1.54) is 13.8 Å².